The van der Waals surface area contributed by atoms with Crippen LogP contribution >= 0.6 is 0 Å². The van der Waals surface area contributed by atoms with Crippen molar-refractivity contribution in [3.05, 3.63) is 0 Å². The van der Waals surface area contributed by atoms with E-state index in [2.05, 4.69) is 0 Å². The molecular formula is C8H16O3. The van der Waals surface area contributed by atoms with Crippen LogP contribution < -0.4 is 0 Å². The van der Waals surface area contributed by atoms with E-state index in [4.69, 9.17) is 10.2 Å². The highest BCUT2D eigenvalue weighted by molar-refractivity contribution is 4.88. The maximum atomic E-state index is 9.50. The molecule has 0 heterocycles. The first kappa shape index (κ1) is 8.97. The lowest BCUT2D eigenvalue weighted by Crippen LogP contribution is -2.44. The Morgan fingerprint density at radius 3 is 2.18 bits per heavy atom. The molecule has 1 atom stereocenters. The Bertz CT molecular complexity index is 121. The van der Waals surface area contributed by atoms with Crippen molar-refractivity contribution in [1.82, 2.24) is 0 Å². The standard InChI is InChI=1S/C8H16O3/c9-5-8(6-10)4-2-1-3-7(8)11/h7,9-11H,1-6H2. The Labute approximate surface area is 66.7 Å². The zero-order valence-corrected chi connectivity index (χ0v) is 6.66. The summed E-state index contributed by atoms with van der Waals surface area (Å²) < 4.78 is 0. The molecule has 0 bridgehead atoms. The van der Waals surface area contributed by atoms with Crippen molar-refractivity contribution in [1.29, 1.82) is 0 Å². The minimum absolute atomic E-state index is 0.106. The highest BCUT2D eigenvalue weighted by Crippen LogP contribution is 2.35. The second kappa shape index (κ2) is 3.52. The van der Waals surface area contributed by atoms with E-state index in [0.717, 1.165) is 19.3 Å². The molecule has 1 aliphatic carbocycles. The SMILES string of the molecule is OCC1(CO)CCCCC1O. The minimum atomic E-state index is -0.613. The van der Waals surface area contributed by atoms with E-state index < -0.39 is 11.5 Å². The van der Waals surface area contributed by atoms with Gasteiger partial charge in [-0.05, 0) is 12.8 Å². The van der Waals surface area contributed by atoms with Crippen LogP contribution in [0.5, 0.6) is 0 Å². The Morgan fingerprint density at radius 1 is 1.18 bits per heavy atom. The van der Waals surface area contributed by atoms with E-state index >= 15 is 0 Å². The van der Waals surface area contributed by atoms with Crippen LogP contribution in [0.3, 0.4) is 0 Å². The monoisotopic (exact) mass is 160 g/mol. The minimum Gasteiger partial charge on any atom is -0.396 e. The third-order valence-corrected chi connectivity index (χ3v) is 2.74. The normalized spacial score (nSPS) is 30.3. The third-order valence-electron chi connectivity index (χ3n) is 2.74. The zero-order valence-electron chi connectivity index (χ0n) is 6.66. The van der Waals surface area contributed by atoms with Crippen molar-refractivity contribution in [3.8, 4) is 0 Å². The molecule has 11 heavy (non-hydrogen) atoms. The van der Waals surface area contributed by atoms with Crippen LogP contribution in [0.1, 0.15) is 25.7 Å². The zero-order chi connectivity index (χ0) is 8.32. The lowest BCUT2D eigenvalue weighted by atomic mass is 9.73. The topological polar surface area (TPSA) is 60.7 Å². The van der Waals surface area contributed by atoms with Gasteiger partial charge in [0.25, 0.3) is 0 Å². The van der Waals surface area contributed by atoms with Gasteiger partial charge in [0.2, 0.25) is 0 Å². The fourth-order valence-electron chi connectivity index (χ4n) is 1.71. The van der Waals surface area contributed by atoms with Crippen LogP contribution in [0.4, 0.5) is 0 Å². The van der Waals surface area contributed by atoms with Gasteiger partial charge in [0, 0.05) is 5.41 Å². The highest BCUT2D eigenvalue weighted by Gasteiger charge is 2.38. The number of aliphatic hydroxyl groups is 3. The molecule has 1 rings (SSSR count). The molecule has 0 radical (unpaired) electrons. The summed E-state index contributed by atoms with van der Waals surface area (Å²) in [6.07, 6.45) is 2.93. The molecule has 1 saturated carbocycles. The average molecular weight is 160 g/mol. The molecule has 0 saturated heterocycles. The summed E-state index contributed by atoms with van der Waals surface area (Å²) >= 11 is 0. The molecule has 0 aliphatic heterocycles. The predicted molar refractivity (Wildman–Crippen MR) is 41.1 cm³/mol. The van der Waals surface area contributed by atoms with E-state index in [-0.39, 0.29) is 13.2 Å². The molecule has 3 heteroatoms. The Hall–Kier alpha value is -0.120. The van der Waals surface area contributed by atoms with Crippen LogP contribution in [-0.2, 0) is 0 Å². The van der Waals surface area contributed by atoms with Crippen molar-refractivity contribution >= 4 is 0 Å². The summed E-state index contributed by atoms with van der Waals surface area (Å²) in [7, 11) is 0. The van der Waals surface area contributed by atoms with E-state index in [1.807, 2.05) is 0 Å². The molecule has 0 aromatic carbocycles. The fourth-order valence-corrected chi connectivity index (χ4v) is 1.71. The number of rotatable bonds is 2. The number of hydrogen-bond acceptors (Lipinski definition) is 3. The maximum Gasteiger partial charge on any atom is 0.0640 e. The number of aliphatic hydroxyl groups excluding tert-OH is 3. The maximum absolute atomic E-state index is 9.50. The van der Waals surface area contributed by atoms with Gasteiger partial charge in [0.1, 0.15) is 0 Å². The molecular weight excluding hydrogens is 144 g/mol. The Morgan fingerprint density at radius 2 is 1.82 bits per heavy atom. The van der Waals surface area contributed by atoms with Crippen LogP contribution in [0.15, 0.2) is 0 Å². The molecule has 0 aromatic rings. The molecule has 1 unspecified atom stereocenters. The summed E-state index contributed by atoms with van der Waals surface area (Å²) in [6.45, 7) is -0.213. The van der Waals surface area contributed by atoms with E-state index in [1.165, 1.54) is 0 Å². The van der Waals surface area contributed by atoms with Gasteiger partial charge < -0.3 is 15.3 Å². The van der Waals surface area contributed by atoms with Gasteiger partial charge in [-0.15, -0.1) is 0 Å². The predicted octanol–water partition coefficient (Wildman–Crippen LogP) is -0.108. The summed E-state index contributed by atoms with van der Waals surface area (Å²) in [5.41, 5.74) is -0.613. The highest BCUT2D eigenvalue weighted by atomic mass is 16.3. The summed E-state index contributed by atoms with van der Waals surface area (Å²) in [5, 5.41) is 27.5. The van der Waals surface area contributed by atoms with Gasteiger partial charge in [-0.1, -0.05) is 12.8 Å². The van der Waals surface area contributed by atoms with Crippen LogP contribution in [0.2, 0.25) is 0 Å². The summed E-state index contributed by atoms with van der Waals surface area (Å²) in [4.78, 5) is 0. The Balaban J connectivity index is 2.61. The lowest BCUT2D eigenvalue weighted by molar-refractivity contribution is -0.0778. The van der Waals surface area contributed by atoms with Crippen molar-refractivity contribution in [2.75, 3.05) is 13.2 Å². The smallest absolute Gasteiger partial charge is 0.0640 e. The first-order chi connectivity index (χ1) is 5.25. The molecule has 0 amide bonds. The van der Waals surface area contributed by atoms with Gasteiger partial charge in [-0.25, -0.2) is 0 Å². The van der Waals surface area contributed by atoms with Gasteiger partial charge >= 0.3 is 0 Å². The van der Waals surface area contributed by atoms with Crippen LogP contribution in [0, 0.1) is 5.41 Å². The number of hydrogen-bond donors (Lipinski definition) is 3. The van der Waals surface area contributed by atoms with Crippen molar-refractivity contribution in [2.45, 2.75) is 31.8 Å². The van der Waals surface area contributed by atoms with Crippen molar-refractivity contribution in [3.63, 3.8) is 0 Å². The molecule has 66 valence electrons. The molecule has 0 aromatic heterocycles. The summed E-state index contributed by atoms with van der Waals surface area (Å²) in [5.74, 6) is 0. The van der Waals surface area contributed by atoms with Crippen LogP contribution in [-0.4, -0.2) is 34.6 Å². The first-order valence-corrected chi connectivity index (χ1v) is 4.15. The Kier molecular flexibility index (Phi) is 2.87. The van der Waals surface area contributed by atoms with Gasteiger partial charge in [-0.2, -0.15) is 0 Å². The second-order valence-corrected chi connectivity index (χ2v) is 3.44. The van der Waals surface area contributed by atoms with E-state index in [9.17, 15) is 5.11 Å². The molecule has 1 fully saturated rings. The molecule has 1 aliphatic rings. The largest absolute Gasteiger partial charge is 0.396 e. The van der Waals surface area contributed by atoms with E-state index in [0.29, 0.717) is 6.42 Å². The van der Waals surface area contributed by atoms with Gasteiger partial charge in [0.15, 0.2) is 0 Å². The van der Waals surface area contributed by atoms with Crippen molar-refractivity contribution in [2.24, 2.45) is 5.41 Å². The molecule has 3 nitrogen and oxygen atoms in total. The quantitative estimate of drug-likeness (QED) is 0.528. The van der Waals surface area contributed by atoms with Gasteiger partial charge in [-0.3, -0.25) is 0 Å². The lowest BCUT2D eigenvalue weighted by Gasteiger charge is -2.38. The van der Waals surface area contributed by atoms with Gasteiger partial charge in [0.05, 0.1) is 19.3 Å². The molecule has 3 N–H and O–H groups in total. The van der Waals surface area contributed by atoms with E-state index in [1.54, 1.807) is 0 Å². The summed E-state index contributed by atoms with van der Waals surface area (Å²) in [6, 6.07) is 0. The van der Waals surface area contributed by atoms with Crippen molar-refractivity contribution < 1.29 is 15.3 Å². The first-order valence-electron chi connectivity index (χ1n) is 4.15. The van der Waals surface area contributed by atoms with Crippen LogP contribution in [0.25, 0.3) is 0 Å². The fraction of sp³-hybridized carbons (Fsp3) is 1.00. The average Bonchev–Trinajstić information content (AvgIpc) is 2.06. The third kappa shape index (κ3) is 1.55. The second-order valence-electron chi connectivity index (χ2n) is 3.44. The molecule has 0 spiro atoms.